The van der Waals surface area contributed by atoms with E-state index in [9.17, 15) is 9.59 Å². The summed E-state index contributed by atoms with van der Waals surface area (Å²) in [5, 5.41) is 0.633. The number of rotatable bonds is 8. The molecule has 188 valence electrons. The van der Waals surface area contributed by atoms with Crippen LogP contribution in [0.1, 0.15) is 28.8 Å². The summed E-state index contributed by atoms with van der Waals surface area (Å²) in [4.78, 5) is 30.2. The van der Waals surface area contributed by atoms with E-state index in [1.807, 2.05) is 61.6 Å². The van der Waals surface area contributed by atoms with Crippen LogP contribution in [-0.4, -0.2) is 55.0 Å². The number of ether oxygens (including phenoxy) is 2. The van der Waals surface area contributed by atoms with Gasteiger partial charge in [-0.1, -0.05) is 54.1 Å². The number of carbonyl (C=O) groups is 2. The maximum absolute atomic E-state index is 13.4. The molecule has 1 aliphatic heterocycles. The van der Waals surface area contributed by atoms with E-state index < -0.39 is 0 Å². The van der Waals surface area contributed by atoms with Crippen molar-refractivity contribution in [2.75, 3.05) is 27.2 Å². The predicted octanol–water partition coefficient (Wildman–Crippen LogP) is 5.31. The fourth-order valence-corrected chi connectivity index (χ4v) is 4.68. The number of piperidine rings is 1. The van der Waals surface area contributed by atoms with Crippen LogP contribution in [0.2, 0.25) is 5.02 Å². The van der Waals surface area contributed by atoms with Crippen molar-refractivity contribution in [2.24, 2.45) is 5.92 Å². The Labute approximate surface area is 217 Å². The SMILES string of the molecule is COc1ccccc1C(=O)N1CC[C@H](Oc2ccc(Cl)cc2)[C@@H](CC(=O)N(C)Cc2ccccc2)C1. The van der Waals surface area contributed by atoms with Crippen LogP contribution in [-0.2, 0) is 11.3 Å². The van der Waals surface area contributed by atoms with Crippen LogP contribution in [0, 0.1) is 5.92 Å². The molecule has 0 saturated carbocycles. The second-order valence-corrected chi connectivity index (χ2v) is 9.49. The zero-order valence-corrected chi connectivity index (χ0v) is 21.4. The van der Waals surface area contributed by atoms with Crippen LogP contribution in [0.25, 0.3) is 0 Å². The molecule has 1 saturated heterocycles. The highest BCUT2D eigenvalue weighted by molar-refractivity contribution is 6.30. The molecule has 0 aliphatic carbocycles. The normalized spacial score (nSPS) is 17.4. The predicted molar refractivity (Wildman–Crippen MR) is 140 cm³/mol. The largest absolute Gasteiger partial charge is 0.496 e. The molecule has 0 radical (unpaired) electrons. The summed E-state index contributed by atoms with van der Waals surface area (Å²) < 4.78 is 11.7. The van der Waals surface area contributed by atoms with Gasteiger partial charge >= 0.3 is 0 Å². The van der Waals surface area contributed by atoms with Gasteiger partial charge in [0, 0.05) is 50.5 Å². The van der Waals surface area contributed by atoms with Crippen molar-refractivity contribution in [3.63, 3.8) is 0 Å². The number of para-hydroxylation sites is 1. The van der Waals surface area contributed by atoms with Crippen LogP contribution < -0.4 is 9.47 Å². The van der Waals surface area contributed by atoms with Gasteiger partial charge in [0.15, 0.2) is 0 Å². The molecular formula is C29H31ClN2O4. The molecule has 0 bridgehead atoms. The summed E-state index contributed by atoms with van der Waals surface area (Å²) in [6.07, 6.45) is 0.684. The first-order valence-corrected chi connectivity index (χ1v) is 12.4. The average molecular weight is 507 g/mol. The van der Waals surface area contributed by atoms with Gasteiger partial charge in [0.2, 0.25) is 5.91 Å². The minimum absolute atomic E-state index is 0.0140. The van der Waals surface area contributed by atoms with Crippen molar-refractivity contribution < 1.29 is 19.1 Å². The van der Waals surface area contributed by atoms with Gasteiger partial charge in [0.05, 0.1) is 12.7 Å². The highest BCUT2D eigenvalue weighted by Gasteiger charge is 2.36. The topological polar surface area (TPSA) is 59.1 Å². The third kappa shape index (κ3) is 6.38. The number of hydrogen-bond donors (Lipinski definition) is 0. The fraction of sp³-hybridized carbons (Fsp3) is 0.310. The van der Waals surface area contributed by atoms with Crippen molar-refractivity contribution in [2.45, 2.75) is 25.5 Å². The number of benzene rings is 3. The number of nitrogens with zero attached hydrogens (tertiary/aromatic N) is 2. The fourth-order valence-electron chi connectivity index (χ4n) is 4.55. The quantitative estimate of drug-likeness (QED) is 0.415. The van der Waals surface area contributed by atoms with E-state index in [0.717, 1.165) is 5.56 Å². The molecule has 1 aliphatic rings. The summed E-state index contributed by atoms with van der Waals surface area (Å²) in [5.41, 5.74) is 1.59. The van der Waals surface area contributed by atoms with E-state index in [-0.39, 0.29) is 30.3 Å². The Morgan fingerprint density at radius 2 is 1.69 bits per heavy atom. The Morgan fingerprint density at radius 3 is 2.42 bits per heavy atom. The molecule has 1 heterocycles. The van der Waals surface area contributed by atoms with Gasteiger partial charge in [-0.15, -0.1) is 0 Å². The lowest BCUT2D eigenvalue weighted by atomic mass is 9.90. The highest BCUT2D eigenvalue weighted by Crippen LogP contribution is 2.29. The van der Waals surface area contributed by atoms with E-state index >= 15 is 0 Å². The lowest BCUT2D eigenvalue weighted by molar-refractivity contribution is -0.132. The minimum Gasteiger partial charge on any atom is -0.496 e. The third-order valence-corrected chi connectivity index (χ3v) is 6.77. The van der Waals surface area contributed by atoms with Gasteiger partial charge in [-0.05, 0) is 42.0 Å². The average Bonchev–Trinajstić information content (AvgIpc) is 2.91. The highest BCUT2D eigenvalue weighted by atomic mass is 35.5. The molecule has 2 amide bonds. The Morgan fingerprint density at radius 1 is 1.00 bits per heavy atom. The van der Waals surface area contributed by atoms with Gasteiger partial charge in [0.1, 0.15) is 17.6 Å². The van der Waals surface area contributed by atoms with E-state index in [0.29, 0.717) is 48.1 Å². The zero-order valence-electron chi connectivity index (χ0n) is 20.6. The number of likely N-dealkylation sites (tertiary alicyclic amines) is 1. The molecule has 3 aromatic carbocycles. The number of halogens is 1. The van der Waals surface area contributed by atoms with Crippen molar-refractivity contribution in [1.82, 2.24) is 9.80 Å². The molecule has 2 atom stereocenters. The second kappa shape index (κ2) is 12.0. The molecule has 0 spiro atoms. The van der Waals surface area contributed by atoms with Gasteiger partial charge in [-0.3, -0.25) is 9.59 Å². The maximum atomic E-state index is 13.4. The first-order valence-electron chi connectivity index (χ1n) is 12.1. The summed E-state index contributed by atoms with van der Waals surface area (Å²) in [7, 11) is 3.37. The number of amides is 2. The Hall–Kier alpha value is -3.51. The molecular weight excluding hydrogens is 476 g/mol. The molecule has 3 aromatic rings. The smallest absolute Gasteiger partial charge is 0.257 e. The molecule has 0 N–H and O–H groups in total. The summed E-state index contributed by atoms with van der Waals surface area (Å²) in [5.74, 6) is 0.979. The van der Waals surface area contributed by atoms with Gasteiger partial charge < -0.3 is 19.3 Å². The Balaban J connectivity index is 1.50. The molecule has 0 aromatic heterocycles. The van der Waals surface area contributed by atoms with Gasteiger partial charge in [-0.25, -0.2) is 0 Å². The standard InChI is InChI=1S/C29H31ClN2O4/c1-31(19-21-8-4-3-5-9-21)28(33)18-22-20-32(29(34)25-10-6-7-11-27(25)35-2)17-16-26(22)36-24-14-12-23(30)13-15-24/h3-15,22,26H,16-20H2,1-2H3/t22-,26-/m0/s1. The zero-order chi connectivity index (χ0) is 25.5. The molecule has 1 fully saturated rings. The third-order valence-electron chi connectivity index (χ3n) is 6.52. The van der Waals surface area contributed by atoms with Crippen LogP contribution in [0.15, 0.2) is 78.9 Å². The molecule has 6 nitrogen and oxygen atoms in total. The van der Waals surface area contributed by atoms with E-state index in [4.69, 9.17) is 21.1 Å². The van der Waals surface area contributed by atoms with E-state index in [1.165, 1.54) is 0 Å². The molecule has 4 rings (SSSR count). The minimum atomic E-state index is -0.207. The molecule has 7 heteroatoms. The number of hydrogen-bond acceptors (Lipinski definition) is 4. The van der Waals surface area contributed by atoms with Crippen LogP contribution >= 0.6 is 11.6 Å². The molecule has 0 unspecified atom stereocenters. The molecule has 36 heavy (non-hydrogen) atoms. The van der Waals surface area contributed by atoms with Crippen LogP contribution in [0.5, 0.6) is 11.5 Å². The van der Waals surface area contributed by atoms with Crippen molar-refractivity contribution >= 4 is 23.4 Å². The Kier molecular flexibility index (Phi) is 8.49. The first kappa shape index (κ1) is 25.6. The van der Waals surface area contributed by atoms with Gasteiger partial charge in [0.25, 0.3) is 5.91 Å². The summed E-state index contributed by atoms with van der Waals surface area (Å²) >= 11 is 6.03. The number of methoxy groups -OCH3 is 1. The Bertz CT molecular complexity index is 1170. The number of carbonyl (C=O) groups excluding carboxylic acids is 2. The lowest BCUT2D eigenvalue weighted by Crippen LogP contribution is -2.49. The van der Waals surface area contributed by atoms with Crippen molar-refractivity contribution in [3.8, 4) is 11.5 Å². The summed E-state index contributed by atoms with van der Waals surface area (Å²) in [6.45, 7) is 1.47. The summed E-state index contributed by atoms with van der Waals surface area (Å²) in [6, 6.07) is 24.3. The van der Waals surface area contributed by atoms with E-state index in [1.54, 1.807) is 41.2 Å². The maximum Gasteiger partial charge on any atom is 0.257 e. The van der Waals surface area contributed by atoms with Gasteiger partial charge in [-0.2, -0.15) is 0 Å². The van der Waals surface area contributed by atoms with E-state index in [2.05, 4.69) is 0 Å². The van der Waals surface area contributed by atoms with Crippen molar-refractivity contribution in [1.29, 1.82) is 0 Å². The van der Waals surface area contributed by atoms with Crippen LogP contribution in [0.3, 0.4) is 0 Å². The van der Waals surface area contributed by atoms with Crippen molar-refractivity contribution in [3.05, 3.63) is 95.0 Å². The second-order valence-electron chi connectivity index (χ2n) is 9.05. The lowest BCUT2D eigenvalue weighted by Gasteiger charge is -2.39. The first-order chi connectivity index (χ1) is 17.4. The monoisotopic (exact) mass is 506 g/mol. The van der Waals surface area contributed by atoms with Crippen LogP contribution in [0.4, 0.5) is 0 Å².